The van der Waals surface area contributed by atoms with Gasteiger partial charge in [-0.15, -0.1) is 0 Å². The third kappa shape index (κ3) is 6.67. The topological polar surface area (TPSA) is 41.6 Å². The molecule has 136 valence electrons. The number of carbonyl (C=O) groups excluding carboxylic acids is 1. The fraction of sp³-hybridized carbons (Fsp3) is 0.588. The van der Waals surface area contributed by atoms with Crippen LogP contribution in [0.3, 0.4) is 0 Å². The van der Waals surface area contributed by atoms with E-state index in [0.29, 0.717) is 21.6 Å². The van der Waals surface area contributed by atoms with Gasteiger partial charge < -0.3 is 15.0 Å². The van der Waals surface area contributed by atoms with E-state index in [1.165, 1.54) is 0 Å². The number of amides is 1. The first-order valence-corrected chi connectivity index (χ1v) is 8.97. The van der Waals surface area contributed by atoms with Crippen LogP contribution in [0.1, 0.15) is 45.7 Å². The normalized spacial score (nSPS) is 12.8. The second-order valence-electron chi connectivity index (χ2n) is 6.70. The molecule has 1 aromatic carbocycles. The summed E-state index contributed by atoms with van der Waals surface area (Å²) in [7, 11) is 1.73. The van der Waals surface area contributed by atoms with E-state index in [1.807, 2.05) is 33.8 Å². The zero-order chi connectivity index (χ0) is 18.5. The predicted molar refractivity (Wildman–Crippen MR) is 101 cm³/mol. The quantitative estimate of drug-likeness (QED) is 0.507. The van der Waals surface area contributed by atoms with E-state index >= 15 is 0 Å². The average Bonchev–Trinajstić information content (AvgIpc) is 2.47. The van der Waals surface area contributed by atoms with Gasteiger partial charge in [-0.2, -0.15) is 0 Å². The SMILES string of the molecule is CC(NCCCN(C)C(=O)OC(C)(C)C)c1ccc(Cl)c(Cl)c1Cl. The Bertz CT molecular complexity index is 574. The van der Waals surface area contributed by atoms with Crippen molar-refractivity contribution in [3.63, 3.8) is 0 Å². The maximum Gasteiger partial charge on any atom is 0.410 e. The summed E-state index contributed by atoms with van der Waals surface area (Å²) < 4.78 is 5.31. The molecule has 1 amide bonds. The average molecular weight is 396 g/mol. The molecule has 0 aromatic heterocycles. The largest absolute Gasteiger partial charge is 0.444 e. The van der Waals surface area contributed by atoms with E-state index in [2.05, 4.69) is 5.32 Å². The van der Waals surface area contributed by atoms with Crippen LogP contribution in [0.15, 0.2) is 12.1 Å². The fourth-order valence-electron chi connectivity index (χ4n) is 2.05. The van der Waals surface area contributed by atoms with Crippen LogP contribution in [-0.4, -0.2) is 36.7 Å². The van der Waals surface area contributed by atoms with Gasteiger partial charge in [-0.05, 0) is 52.3 Å². The minimum absolute atomic E-state index is 0.0269. The van der Waals surface area contributed by atoms with Crippen molar-refractivity contribution in [2.75, 3.05) is 20.1 Å². The first kappa shape index (κ1) is 21.4. The van der Waals surface area contributed by atoms with Crippen molar-refractivity contribution in [1.82, 2.24) is 10.2 Å². The van der Waals surface area contributed by atoms with Crippen molar-refractivity contribution in [3.05, 3.63) is 32.8 Å². The standard InChI is InChI=1S/C17H25Cl3N2O2/c1-11(12-7-8-13(18)15(20)14(12)19)21-9-6-10-22(5)16(23)24-17(2,3)4/h7-8,11,21H,6,9-10H2,1-5H3. The minimum atomic E-state index is -0.483. The Balaban J connectivity index is 2.43. The Morgan fingerprint density at radius 2 is 1.88 bits per heavy atom. The van der Waals surface area contributed by atoms with Crippen LogP contribution in [0.5, 0.6) is 0 Å². The smallest absolute Gasteiger partial charge is 0.410 e. The second kappa shape index (κ2) is 9.14. The molecule has 0 saturated heterocycles. The van der Waals surface area contributed by atoms with Gasteiger partial charge in [0.1, 0.15) is 5.60 Å². The minimum Gasteiger partial charge on any atom is -0.444 e. The van der Waals surface area contributed by atoms with E-state index < -0.39 is 5.60 Å². The van der Waals surface area contributed by atoms with Gasteiger partial charge in [-0.25, -0.2) is 4.79 Å². The number of nitrogens with zero attached hydrogens (tertiary/aromatic N) is 1. The summed E-state index contributed by atoms with van der Waals surface area (Å²) in [6, 6.07) is 3.62. The Morgan fingerprint density at radius 3 is 2.46 bits per heavy atom. The summed E-state index contributed by atoms with van der Waals surface area (Å²) in [5.41, 5.74) is 0.412. The third-order valence-electron chi connectivity index (χ3n) is 3.36. The number of hydrogen-bond acceptors (Lipinski definition) is 3. The number of carbonyl (C=O) groups is 1. The van der Waals surface area contributed by atoms with Crippen molar-refractivity contribution in [2.24, 2.45) is 0 Å². The third-order valence-corrected chi connectivity index (χ3v) is 4.67. The number of benzene rings is 1. The fourth-order valence-corrected chi connectivity index (χ4v) is 2.76. The van der Waals surface area contributed by atoms with Crippen molar-refractivity contribution in [1.29, 1.82) is 0 Å². The molecule has 0 saturated carbocycles. The molecule has 0 heterocycles. The van der Waals surface area contributed by atoms with Gasteiger partial charge in [-0.1, -0.05) is 40.9 Å². The second-order valence-corrected chi connectivity index (χ2v) is 7.86. The summed E-state index contributed by atoms with van der Waals surface area (Å²) in [5, 5.41) is 4.64. The van der Waals surface area contributed by atoms with E-state index in [0.717, 1.165) is 18.5 Å². The number of halogens is 3. The van der Waals surface area contributed by atoms with Crippen LogP contribution in [0.4, 0.5) is 4.79 Å². The molecule has 0 aliphatic carbocycles. The molecule has 4 nitrogen and oxygen atoms in total. The lowest BCUT2D eigenvalue weighted by molar-refractivity contribution is 0.0297. The van der Waals surface area contributed by atoms with Crippen LogP contribution >= 0.6 is 34.8 Å². The Kier molecular flexibility index (Phi) is 8.13. The molecule has 0 spiro atoms. The molecule has 0 bridgehead atoms. The lowest BCUT2D eigenvalue weighted by Crippen LogP contribution is -2.35. The van der Waals surface area contributed by atoms with Crippen molar-refractivity contribution >= 4 is 40.9 Å². The number of ether oxygens (including phenoxy) is 1. The monoisotopic (exact) mass is 394 g/mol. The van der Waals surface area contributed by atoms with Gasteiger partial charge >= 0.3 is 6.09 Å². The molecular weight excluding hydrogens is 371 g/mol. The Morgan fingerprint density at radius 1 is 1.25 bits per heavy atom. The molecule has 7 heteroatoms. The highest BCUT2D eigenvalue weighted by atomic mass is 35.5. The van der Waals surface area contributed by atoms with Crippen LogP contribution in [0.2, 0.25) is 15.1 Å². The highest BCUT2D eigenvalue weighted by Gasteiger charge is 2.19. The maximum atomic E-state index is 11.9. The zero-order valence-corrected chi connectivity index (χ0v) is 17.0. The summed E-state index contributed by atoms with van der Waals surface area (Å²) in [5.74, 6) is 0. The van der Waals surface area contributed by atoms with Crippen LogP contribution in [-0.2, 0) is 4.74 Å². The number of rotatable bonds is 6. The zero-order valence-electron chi connectivity index (χ0n) is 14.8. The predicted octanol–water partition coefficient (Wildman–Crippen LogP) is 5.55. The molecule has 1 N–H and O–H groups in total. The van der Waals surface area contributed by atoms with Crippen molar-refractivity contribution < 1.29 is 9.53 Å². The van der Waals surface area contributed by atoms with Gasteiger partial charge in [0.25, 0.3) is 0 Å². The molecule has 0 aliphatic rings. The maximum absolute atomic E-state index is 11.9. The highest BCUT2D eigenvalue weighted by Crippen LogP contribution is 2.35. The first-order valence-electron chi connectivity index (χ1n) is 7.84. The van der Waals surface area contributed by atoms with E-state index in [-0.39, 0.29) is 12.1 Å². The van der Waals surface area contributed by atoms with E-state index in [1.54, 1.807) is 18.0 Å². The molecular formula is C17H25Cl3N2O2. The van der Waals surface area contributed by atoms with Gasteiger partial charge in [0.15, 0.2) is 0 Å². The van der Waals surface area contributed by atoms with Gasteiger partial charge in [-0.3, -0.25) is 0 Å². The molecule has 0 fully saturated rings. The van der Waals surface area contributed by atoms with Gasteiger partial charge in [0.2, 0.25) is 0 Å². The summed E-state index contributed by atoms with van der Waals surface area (Å²) in [6.07, 6.45) is 0.474. The molecule has 24 heavy (non-hydrogen) atoms. The lowest BCUT2D eigenvalue weighted by atomic mass is 10.1. The highest BCUT2D eigenvalue weighted by molar-refractivity contribution is 6.48. The van der Waals surface area contributed by atoms with Crippen molar-refractivity contribution in [3.8, 4) is 0 Å². The number of nitrogens with one attached hydrogen (secondary N) is 1. The summed E-state index contributed by atoms with van der Waals surface area (Å²) >= 11 is 18.2. The van der Waals surface area contributed by atoms with Gasteiger partial charge in [0.05, 0.1) is 15.1 Å². The Labute approximate surface area is 159 Å². The van der Waals surface area contributed by atoms with Crippen LogP contribution in [0.25, 0.3) is 0 Å². The molecule has 1 unspecified atom stereocenters. The molecule has 0 radical (unpaired) electrons. The summed E-state index contributed by atoms with van der Waals surface area (Å²) in [4.78, 5) is 13.4. The van der Waals surface area contributed by atoms with E-state index in [9.17, 15) is 4.79 Å². The van der Waals surface area contributed by atoms with Crippen molar-refractivity contribution in [2.45, 2.75) is 45.8 Å². The summed E-state index contributed by atoms with van der Waals surface area (Å²) in [6.45, 7) is 8.88. The van der Waals surface area contributed by atoms with Gasteiger partial charge in [0, 0.05) is 19.6 Å². The lowest BCUT2D eigenvalue weighted by Gasteiger charge is -2.25. The molecule has 0 aliphatic heterocycles. The van der Waals surface area contributed by atoms with Crippen LogP contribution in [0, 0.1) is 0 Å². The van der Waals surface area contributed by atoms with E-state index in [4.69, 9.17) is 39.5 Å². The molecule has 1 rings (SSSR count). The number of hydrogen-bond donors (Lipinski definition) is 1. The molecule has 1 atom stereocenters. The first-order chi connectivity index (χ1) is 11.0. The Hall–Kier alpha value is -0.680. The van der Waals surface area contributed by atoms with Crippen LogP contribution < -0.4 is 5.32 Å². The molecule has 1 aromatic rings.